The summed E-state index contributed by atoms with van der Waals surface area (Å²) in [5.41, 5.74) is 2.47. The fraction of sp³-hybridized carbons (Fsp3) is 0.308. The molecule has 0 aliphatic carbocycles. The molecule has 0 aromatic heterocycles. The van der Waals surface area contributed by atoms with Crippen LogP contribution in [0.25, 0.3) is 6.08 Å². The molecule has 0 amide bonds. The van der Waals surface area contributed by atoms with Crippen LogP contribution in [0.15, 0.2) is 23.9 Å². The summed E-state index contributed by atoms with van der Waals surface area (Å²) in [4.78, 5) is 11.8. The monoisotopic (exact) mass is 234 g/mol. The Kier molecular flexibility index (Phi) is 2.67. The van der Waals surface area contributed by atoms with E-state index in [0.717, 1.165) is 17.8 Å². The van der Waals surface area contributed by atoms with E-state index < -0.39 is 0 Å². The molecule has 0 saturated carbocycles. The van der Waals surface area contributed by atoms with Crippen molar-refractivity contribution in [2.75, 3.05) is 20.7 Å². The number of rotatable bonds is 2. The highest BCUT2D eigenvalue weighted by atomic mass is 16.5. The van der Waals surface area contributed by atoms with Gasteiger partial charge in [-0.15, -0.1) is 0 Å². The number of carbonyl (C=O) groups excluding carboxylic acids is 1. The normalized spacial score (nSPS) is 21.9. The highest BCUT2D eigenvalue weighted by Gasteiger charge is 2.41. The first-order valence-corrected chi connectivity index (χ1v) is 5.52. The van der Waals surface area contributed by atoms with Crippen molar-refractivity contribution >= 4 is 17.7 Å². The zero-order valence-corrected chi connectivity index (χ0v) is 10.2. The lowest BCUT2D eigenvalue weighted by Crippen LogP contribution is -2.44. The van der Waals surface area contributed by atoms with Crippen molar-refractivity contribution in [3.8, 4) is 5.75 Å². The summed E-state index contributed by atoms with van der Waals surface area (Å²) in [5.74, 6) is -0.126. The lowest BCUT2D eigenvalue weighted by atomic mass is 10.2. The molecule has 2 rings (SSSR count). The number of quaternary nitrogens is 1. The second kappa shape index (κ2) is 3.89. The van der Waals surface area contributed by atoms with Gasteiger partial charge in [0.2, 0.25) is 5.70 Å². The van der Waals surface area contributed by atoms with Crippen LogP contribution in [0.1, 0.15) is 12.5 Å². The molecular formula is C13H16NO3+. The Hall–Kier alpha value is -1.81. The van der Waals surface area contributed by atoms with Crippen LogP contribution in [0.5, 0.6) is 5.75 Å². The van der Waals surface area contributed by atoms with Crippen molar-refractivity contribution in [3.63, 3.8) is 0 Å². The van der Waals surface area contributed by atoms with Gasteiger partial charge in [0.15, 0.2) is 0 Å². The topological polar surface area (TPSA) is 46.5 Å². The number of benzene rings is 1. The summed E-state index contributed by atoms with van der Waals surface area (Å²) in [7, 11) is 3.34. The fourth-order valence-corrected chi connectivity index (χ4v) is 2.23. The molecular weight excluding hydrogens is 218 g/mol. The van der Waals surface area contributed by atoms with Gasteiger partial charge >= 0.3 is 5.97 Å². The van der Waals surface area contributed by atoms with E-state index in [-0.39, 0.29) is 11.7 Å². The average Bonchev–Trinajstić information content (AvgIpc) is 2.62. The molecule has 1 unspecified atom stereocenters. The Morgan fingerprint density at radius 2 is 2.18 bits per heavy atom. The third-order valence-corrected chi connectivity index (χ3v) is 3.39. The minimum absolute atomic E-state index is 0.203. The Morgan fingerprint density at radius 3 is 2.76 bits per heavy atom. The van der Waals surface area contributed by atoms with Gasteiger partial charge < -0.3 is 9.84 Å². The van der Waals surface area contributed by atoms with E-state index in [9.17, 15) is 9.90 Å². The van der Waals surface area contributed by atoms with Gasteiger partial charge in [0.25, 0.3) is 0 Å². The number of esters is 1. The summed E-state index contributed by atoms with van der Waals surface area (Å²) >= 11 is 0. The van der Waals surface area contributed by atoms with Crippen molar-refractivity contribution in [3.05, 3.63) is 29.5 Å². The van der Waals surface area contributed by atoms with Crippen LogP contribution in [0.2, 0.25) is 0 Å². The fourth-order valence-electron chi connectivity index (χ4n) is 2.23. The van der Waals surface area contributed by atoms with Crippen LogP contribution in [0, 0.1) is 0 Å². The number of hydrogen-bond donors (Lipinski definition) is 1. The number of hydrogen-bond acceptors (Lipinski definition) is 3. The number of methoxy groups -OCH3 is 1. The maximum Gasteiger partial charge on any atom is 0.393 e. The summed E-state index contributed by atoms with van der Waals surface area (Å²) < 4.78 is 5.21. The Labute approximate surface area is 100 Å². The first-order chi connectivity index (χ1) is 8.02. The van der Waals surface area contributed by atoms with Gasteiger partial charge in [-0.25, -0.2) is 4.79 Å². The second-order valence-corrected chi connectivity index (χ2v) is 4.27. The lowest BCUT2D eigenvalue weighted by Gasteiger charge is -2.29. The van der Waals surface area contributed by atoms with Crippen molar-refractivity contribution in [1.29, 1.82) is 0 Å². The first-order valence-electron chi connectivity index (χ1n) is 5.52. The summed E-state index contributed by atoms with van der Waals surface area (Å²) in [6.45, 7) is 2.76. The van der Waals surface area contributed by atoms with Gasteiger partial charge in [0.05, 0.1) is 20.7 Å². The highest BCUT2D eigenvalue weighted by Crippen LogP contribution is 2.40. The predicted octanol–water partition coefficient (Wildman–Crippen LogP) is 1.88. The highest BCUT2D eigenvalue weighted by molar-refractivity contribution is 6.00. The molecule has 4 heteroatoms. The molecule has 1 aromatic rings. The molecule has 90 valence electrons. The number of ether oxygens (including phenoxy) is 1. The van der Waals surface area contributed by atoms with Gasteiger partial charge in [-0.1, -0.05) is 0 Å². The molecule has 1 atom stereocenters. The molecule has 0 spiro atoms. The molecule has 0 bridgehead atoms. The summed E-state index contributed by atoms with van der Waals surface area (Å²) in [5, 5.41) is 9.47. The largest absolute Gasteiger partial charge is 0.508 e. The first kappa shape index (κ1) is 11.7. The van der Waals surface area contributed by atoms with E-state index in [2.05, 4.69) is 0 Å². The van der Waals surface area contributed by atoms with E-state index in [1.165, 1.54) is 7.11 Å². The quantitative estimate of drug-likeness (QED) is 0.627. The Bertz CT molecular complexity index is 507. The maximum absolute atomic E-state index is 11.8. The summed E-state index contributed by atoms with van der Waals surface area (Å²) in [6, 6.07) is 5.15. The predicted molar refractivity (Wildman–Crippen MR) is 66.4 cm³/mol. The standard InChI is InChI=1S/C13H15NO3/c1-4-14(2)11-6-5-10(15)7-9(11)8-12(14)13(16)17-3/h5-8H,4H2,1-3H3/p+1. The van der Waals surface area contributed by atoms with Crippen LogP contribution < -0.4 is 4.48 Å². The number of nitrogens with zero attached hydrogens (tertiary/aromatic N) is 1. The van der Waals surface area contributed by atoms with Gasteiger partial charge in [0, 0.05) is 17.7 Å². The molecule has 1 N–H and O–H groups in total. The molecule has 1 aliphatic heterocycles. The van der Waals surface area contributed by atoms with Gasteiger partial charge in [-0.2, -0.15) is 0 Å². The SMILES string of the molecule is CC[N+]1(C)C(C(=O)OC)=Cc2cc(O)ccc21. The molecule has 1 aromatic carbocycles. The summed E-state index contributed by atoms with van der Waals surface area (Å²) in [6.07, 6.45) is 1.78. The van der Waals surface area contributed by atoms with Crippen LogP contribution >= 0.6 is 0 Å². The zero-order valence-electron chi connectivity index (χ0n) is 10.2. The molecule has 0 saturated heterocycles. The molecule has 0 fully saturated rings. The molecule has 0 radical (unpaired) electrons. The number of phenols is 1. The molecule has 17 heavy (non-hydrogen) atoms. The van der Waals surface area contributed by atoms with E-state index in [1.807, 2.05) is 20.0 Å². The minimum Gasteiger partial charge on any atom is -0.508 e. The van der Waals surface area contributed by atoms with Crippen LogP contribution in [-0.4, -0.2) is 31.8 Å². The smallest absolute Gasteiger partial charge is 0.393 e. The number of fused-ring (bicyclic) bond motifs is 1. The van der Waals surface area contributed by atoms with Crippen molar-refractivity contribution in [2.24, 2.45) is 0 Å². The lowest BCUT2D eigenvalue weighted by molar-refractivity contribution is -0.137. The minimum atomic E-state index is -0.329. The van der Waals surface area contributed by atoms with Crippen LogP contribution in [0.3, 0.4) is 0 Å². The van der Waals surface area contributed by atoms with Crippen molar-refractivity contribution in [2.45, 2.75) is 6.92 Å². The second-order valence-electron chi connectivity index (χ2n) is 4.27. The third kappa shape index (κ3) is 1.61. The van der Waals surface area contributed by atoms with E-state index in [1.54, 1.807) is 18.2 Å². The number of likely N-dealkylation sites (N-methyl/N-ethyl adjacent to an activating group) is 1. The zero-order chi connectivity index (χ0) is 12.6. The van der Waals surface area contributed by atoms with Crippen molar-refractivity contribution < 1.29 is 14.6 Å². The molecule has 4 nitrogen and oxygen atoms in total. The Morgan fingerprint density at radius 1 is 1.47 bits per heavy atom. The average molecular weight is 234 g/mol. The molecule has 1 heterocycles. The van der Waals surface area contributed by atoms with Crippen LogP contribution in [0.4, 0.5) is 5.69 Å². The van der Waals surface area contributed by atoms with Gasteiger partial charge in [-0.3, -0.25) is 4.48 Å². The van der Waals surface area contributed by atoms with Gasteiger partial charge in [-0.05, 0) is 19.1 Å². The van der Waals surface area contributed by atoms with E-state index >= 15 is 0 Å². The van der Waals surface area contributed by atoms with E-state index in [0.29, 0.717) is 10.2 Å². The van der Waals surface area contributed by atoms with E-state index in [4.69, 9.17) is 4.74 Å². The Balaban J connectivity index is 2.59. The number of phenolic OH excluding ortho intramolecular Hbond substituents is 1. The maximum atomic E-state index is 11.8. The number of aromatic hydroxyl groups is 1. The third-order valence-electron chi connectivity index (χ3n) is 3.39. The molecule has 1 aliphatic rings. The van der Waals surface area contributed by atoms with Crippen LogP contribution in [-0.2, 0) is 9.53 Å². The number of carbonyl (C=O) groups is 1. The van der Waals surface area contributed by atoms with Crippen molar-refractivity contribution in [1.82, 2.24) is 4.48 Å². The van der Waals surface area contributed by atoms with Gasteiger partial charge in [0.1, 0.15) is 11.4 Å².